The third-order valence-electron chi connectivity index (χ3n) is 4.18. The van der Waals surface area contributed by atoms with Gasteiger partial charge in [0.25, 0.3) is 5.91 Å². The van der Waals surface area contributed by atoms with E-state index < -0.39 is 0 Å². The predicted octanol–water partition coefficient (Wildman–Crippen LogP) is 4.76. The lowest BCUT2D eigenvalue weighted by Gasteiger charge is -2.06. The minimum absolute atomic E-state index is 0.0355. The number of nitrogens with zero attached hydrogens (tertiary/aromatic N) is 1. The first-order valence-electron chi connectivity index (χ1n) is 10.1. The highest BCUT2D eigenvalue weighted by molar-refractivity contribution is 5.96. The second kappa shape index (κ2) is 12.3. The van der Waals surface area contributed by atoms with Crippen LogP contribution < -0.4 is 15.5 Å². The summed E-state index contributed by atoms with van der Waals surface area (Å²) in [6.07, 6.45) is 6.24. The van der Waals surface area contributed by atoms with Crippen molar-refractivity contribution >= 4 is 23.7 Å². The maximum absolute atomic E-state index is 12.2. The zero-order chi connectivity index (χ0) is 20.9. The molecule has 0 fully saturated rings. The highest BCUT2D eigenvalue weighted by Crippen LogP contribution is 2.12. The molecule has 0 spiro atoms. The Morgan fingerprint density at radius 2 is 1.69 bits per heavy atom. The van der Waals surface area contributed by atoms with Crippen molar-refractivity contribution in [2.75, 3.05) is 11.9 Å². The molecule has 0 aliphatic carbocycles. The van der Waals surface area contributed by atoms with Crippen molar-refractivity contribution in [2.24, 2.45) is 5.10 Å². The van der Waals surface area contributed by atoms with Gasteiger partial charge in [-0.2, -0.15) is 5.10 Å². The molecule has 0 aromatic heterocycles. The topological polar surface area (TPSA) is 79.8 Å². The molecule has 2 aromatic rings. The van der Waals surface area contributed by atoms with Crippen LogP contribution >= 0.6 is 0 Å². The molecule has 0 aliphatic rings. The van der Waals surface area contributed by atoms with Gasteiger partial charge in [-0.05, 0) is 66.9 Å². The SMILES string of the molecule is CCCCCOc1ccc(C=NNC(=O)c2ccc(NC(=O)CCC)cc2)cc1. The molecular weight excluding hydrogens is 366 g/mol. The van der Waals surface area contributed by atoms with Crippen LogP contribution in [0.2, 0.25) is 0 Å². The molecule has 154 valence electrons. The molecule has 0 atom stereocenters. The number of hydrogen-bond donors (Lipinski definition) is 2. The number of ether oxygens (including phenoxy) is 1. The van der Waals surface area contributed by atoms with E-state index in [1.165, 1.54) is 12.8 Å². The molecule has 2 amide bonds. The predicted molar refractivity (Wildman–Crippen MR) is 117 cm³/mol. The molecule has 0 bridgehead atoms. The van der Waals surface area contributed by atoms with Gasteiger partial charge in [0, 0.05) is 17.7 Å². The number of nitrogens with one attached hydrogen (secondary N) is 2. The average Bonchev–Trinajstić information content (AvgIpc) is 2.73. The van der Waals surface area contributed by atoms with Gasteiger partial charge in [0.1, 0.15) is 5.75 Å². The number of carbonyl (C=O) groups is 2. The Morgan fingerprint density at radius 1 is 0.966 bits per heavy atom. The van der Waals surface area contributed by atoms with Gasteiger partial charge in [-0.3, -0.25) is 9.59 Å². The highest BCUT2D eigenvalue weighted by Gasteiger charge is 2.05. The van der Waals surface area contributed by atoms with Gasteiger partial charge in [0.2, 0.25) is 5.91 Å². The van der Waals surface area contributed by atoms with Gasteiger partial charge in [-0.25, -0.2) is 5.43 Å². The lowest BCUT2D eigenvalue weighted by atomic mass is 10.2. The first kappa shape index (κ1) is 22.1. The fraction of sp³-hybridized carbons (Fsp3) is 0.348. The van der Waals surface area contributed by atoms with E-state index in [1.807, 2.05) is 31.2 Å². The second-order valence-corrected chi connectivity index (χ2v) is 6.70. The van der Waals surface area contributed by atoms with E-state index in [1.54, 1.807) is 30.5 Å². The normalized spacial score (nSPS) is 10.7. The molecular formula is C23H29N3O3. The molecule has 0 heterocycles. The Hall–Kier alpha value is -3.15. The maximum Gasteiger partial charge on any atom is 0.271 e. The summed E-state index contributed by atoms with van der Waals surface area (Å²) in [6, 6.07) is 14.3. The molecule has 2 N–H and O–H groups in total. The van der Waals surface area contributed by atoms with Crippen LogP contribution in [0, 0.1) is 0 Å². The zero-order valence-corrected chi connectivity index (χ0v) is 17.1. The summed E-state index contributed by atoms with van der Waals surface area (Å²) in [6.45, 7) is 4.83. The van der Waals surface area contributed by atoms with Gasteiger partial charge in [-0.15, -0.1) is 0 Å². The number of carbonyl (C=O) groups excluding carboxylic acids is 2. The molecule has 0 unspecified atom stereocenters. The van der Waals surface area contributed by atoms with E-state index in [0.29, 0.717) is 17.7 Å². The largest absolute Gasteiger partial charge is 0.494 e. The van der Waals surface area contributed by atoms with Gasteiger partial charge in [0.15, 0.2) is 0 Å². The minimum atomic E-state index is -0.316. The Bertz CT molecular complexity index is 799. The third-order valence-corrected chi connectivity index (χ3v) is 4.18. The van der Waals surface area contributed by atoms with Crippen LogP contribution in [0.5, 0.6) is 5.75 Å². The van der Waals surface area contributed by atoms with E-state index in [0.717, 1.165) is 30.8 Å². The van der Waals surface area contributed by atoms with E-state index in [4.69, 9.17) is 4.74 Å². The van der Waals surface area contributed by atoms with Crippen molar-refractivity contribution in [2.45, 2.75) is 46.0 Å². The van der Waals surface area contributed by atoms with Crippen molar-refractivity contribution in [3.63, 3.8) is 0 Å². The number of anilines is 1. The minimum Gasteiger partial charge on any atom is -0.494 e. The molecule has 2 aromatic carbocycles. The first-order valence-corrected chi connectivity index (χ1v) is 10.1. The fourth-order valence-corrected chi connectivity index (χ4v) is 2.58. The summed E-state index contributed by atoms with van der Waals surface area (Å²) in [5.41, 5.74) is 4.50. The van der Waals surface area contributed by atoms with E-state index >= 15 is 0 Å². The highest BCUT2D eigenvalue weighted by atomic mass is 16.5. The van der Waals surface area contributed by atoms with Crippen LogP contribution in [0.1, 0.15) is 61.9 Å². The first-order chi connectivity index (χ1) is 14.1. The van der Waals surface area contributed by atoms with E-state index in [2.05, 4.69) is 22.8 Å². The Balaban J connectivity index is 1.80. The van der Waals surface area contributed by atoms with Crippen LogP contribution in [0.25, 0.3) is 0 Å². The van der Waals surface area contributed by atoms with Gasteiger partial charge < -0.3 is 10.1 Å². The number of benzene rings is 2. The van der Waals surface area contributed by atoms with Gasteiger partial charge >= 0.3 is 0 Å². The summed E-state index contributed by atoms with van der Waals surface area (Å²) in [5, 5.41) is 6.78. The molecule has 2 rings (SSSR count). The molecule has 0 saturated carbocycles. The van der Waals surface area contributed by atoms with Crippen molar-refractivity contribution in [1.29, 1.82) is 0 Å². The third kappa shape index (κ3) is 8.17. The summed E-state index contributed by atoms with van der Waals surface area (Å²) in [4.78, 5) is 23.8. The maximum atomic E-state index is 12.2. The Morgan fingerprint density at radius 3 is 2.34 bits per heavy atom. The smallest absolute Gasteiger partial charge is 0.271 e. The molecule has 0 saturated heterocycles. The number of hydrazone groups is 1. The van der Waals surface area contributed by atoms with Gasteiger partial charge in [-0.1, -0.05) is 26.7 Å². The van der Waals surface area contributed by atoms with Crippen LogP contribution in [-0.2, 0) is 4.79 Å². The number of amides is 2. The van der Waals surface area contributed by atoms with Crippen LogP contribution in [0.4, 0.5) is 5.69 Å². The van der Waals surface area contributed by atoms with Crippen LogP contribution in [-0.4, -0.2) is 24.6 Å². The zero-order valence-electron chi connectivity index (χ0n) is 17.1. The van der Waals surface area contributed by atoms with Gasteiger partial charge in [0.05, 0.1) is 12.8 Å². The molecule has 0 radical (unpaired) electrons. The van der Waals surface area contributed by atoms with E-state index in [9.17, 15) is 9.59 Å². The Labute approximate surface area is 172 Å². The van der Waals surface area contributed by atoms with Crippen LogP contribution in [0.3, 0.4) is 0 Å². The molecule has 29 heavy (non-hydrogen) atoms. The van der Waals surface area contributed by atoms with Crippen LogP contribution in [0.15, 0.2) is 53.6 Å². The standard InChI is InChI=1S/C23H29N3O3/c1-3-5-6-16-29-21-14-8-18(9-15-21)17-24-26-23(28)19-10-12-20(13-11-19)25-22(27)7-4-2/h8-15,17H,3-7,16H2,1-2H3,(H,25,27)(H,26,28). The molecule has 6 heteroatoms. The number of unbranched alkanes of at least 4 members (excludes halogenated alkanes) is 2. The molecule has 6 nitrogen and oxygen atoms in total. The van der Waals surface area contributed by atoms with Crippen molar-refractivity contribution in [3.05, 3.63) is 59.7 Å². The quantitative estimate of drug-likeness (QED) is 0.327. The van der Waals surface area contributed by atoms with E-state index in [-0.39, 0.29) is 11.8 Å². The lowest BCUT2D eigenvalue weighted by molar-refractivity contribution is -0.116. The average molecular weight is 396 g/mol. The van der Waals surface area contributed by atoms with Crippen molar-refractivity contribution < 1.29 is 14.3 Å². The summed E-state index contributed by atoms with van der Waals surface area (Å²) in [7, 11) is 0. The summed E-state index contributed by atoms with van der Waals surface area (Å²) in [5.74, 6) is 0.476. The number of rotatable bonds is 11. The summed E-state index contributed by atoms with van der Waals surface area (Å²) >= 11 is 0. The summed E-state index contributed by atoms with van der Waals surface area (Å²) < 4.78 is 5.67. The lowest BCUT2D eigenvalue weighted by Crippen LogP contribution is -2.17. The molecule has 0 aliphatic heterocycles. The van der Waals surface area contributed by atoms with Crippen molar-refractivity contribution in [1.82, 2.24) is 5.43 Å². The fourth-order valence-electron chi connectivity index (χ4n) is 2.58. The Kier molecular flexibility index (Phi) is 9.42. The second-order valence-electron chi connectivity index (χ2n) is 6.70. The van der Waals surface area contributed by atoms with Crippen molar-refractivity contribution in [3.8, 4) is 5.75 Å². The monoisotopic (exact) mass is 395 g/mol. The number of hydrogen-bond acceptors (Lipinski definition) is 4.